The molecule has 3 heteroatoms. The van der Waals surface area contributed by atoms with Crippen LogP contribution in [-0.4, -0.2) is 0 Å². The molecule has 0 unspecified atom stereocenters. The van der Waals surface area contributed by atoms with Crippen molar-refractivity contribution in [2.45, 2.75) is 13.5 Å². The molecule has 0 fully saturated rings. The Morgan fingerprint density at radius 2 is 2.00 bits per heavy atom. The van der Waals surface area contributed by atoms with Crippen molar-refractivity contribution in [2.75, 3.05) is 0 Å². The Bertz CT molecular complexity index is 525. The zero-order valence-electron chi connectivity index (χ0n) is 9.41. The first-order chi connectivity index (χ1) is 8.15. The van der Waals surface area contributed by atoms with Crippen molar-refractivity contribution >= 4 is 11.6 Å². The summed E-state index contributed by atoms with van der Waals surface area (Å²) in [5, 5.41) is 0.391. The van der Waals surface area contributed by atoms with Crippen LogP contribution in [0.4, 0.5) is 4.39 Å². The third-order valence-electron chi connectivity index (χ3n) is 2.40. The molecule has 2 aromatic carbocycles. The number of benzene rings is 2. The zero-order chi connectivity index (χ0) is 12.3. The van der Waals surface area contributed by atoms with Crippen LogP contribution in [-0.2, 0) is 6.61 Å². The highest BCUT2D eigenvalue weighted by Gasteiger charge is 2.03. The van der Waals surface area contributed by atoms with E-state index in [4.69, 9.17) is 16.3 Å². The molecule has 0 N–H and O–H groups in total. The molecule has 0 bridgehead atoms. The monoisotopic (exact) mass is 250 g/mol. The summed E-state index contributed by atoms with van der Waals surface area (Å²) < 4.78 is 19.0. The van der Waals surface area contributed by atoms with Crippen LogP contribution in [0.3, 0.4) is 0 Å². The van der Waals surface area contributed by atoms with Gasteiger partial charge in [-0.25, -0.2) is 4.39 Å². The number of hydrogen-bond acceptors (Lipinski definition) is 1. The van der Waals surface area contributed by atoms with E-state index >= 15 is 0 Å². The maximum atomic E-state index is 13.5. The maximum Gasteiger partial charge on any atom is 0.131 e. The predicted octanol–water partition coefficient (Wildman–Crippen LogP) is 4.37. The van der Waals surface area contributed by atoms with Gasteiger partial charge in [-0.2, -0.15) is 0 Å². The summed E-state index contributed by atoms with van der Waals surface area (Å²) in [6.07, 6.45) is 0. The van der Waals surface area contributed by atoms with Crippen LogP contribution < -0.4 is 4.74 Å². The molecule has 0 aromatic heterocycles. The molecule has 0 aliphatic rings. The number of hydrogen-bond donors (Lipinski definition) is 0. The normalized spacial score (nSPS) is 10.3. The average molecular weight is 251 g/mol. The van der Waals surface area contributed by atoms with Crippen molar-refractivity contribution in [2.24, 2.45) is 0 Å². The second-order valence-corrected chi connectivity index (χ2v) is 4.28. The Labute approximate surface area is 105 Å². The highest BCUT2D eigenvalue weighted by Crippen LogP contribution is 2.18. The summed E-state index contributed by atoms with van der Waals surface area (Å²) in [6.45, 7) is 2.18. The number of halogens is 2. The number of rotatable bonds is 3. The fourth-order valence-corrected chi connectivity index (χ4v) is 1.66. The molecule has 0 saturated heterocycles. The van der Waals surface area contributed by atoms with Gasteiger partial charge < -0.3 is 4.74 Å². The minimum atomic E-state index is -0.342. The lowest BCUT2D eigenvalue weighted by atomic mass is 10.2. The van der Waals surface area contributed by atoms with Gasteiger partial charge in [0, 0.05) is 10.6 Å². The van der Waals surface area contributed by atoms with E-state index in [1.165, 1.54) is 6.07 Å². The average Bonchev–Trinajstić information content (AvgIpc) is 2.28. The highest BCUT2D eigenvalue weighted by atomic mass is 35.5. The van der Waals surface area contributed by atoms with Crippen LogP contribution in [0, 0.1) is 12.7 Å². The van der Waals surface area contributed by atoms with Gasteiger partial charge in [0.2, 0.25) is 0 Å². The van der Waals surface area contributed by atoms with Gasteiger partial charge in [-0.15, -0.1) is 0 Å². The van der Waals surface area contributed by atoms with E-state index in [2.05, 4.69) is 0 Å². The lowest BCUT2D eigenvalue weighted by molar-refractivity contribution is 0.299. The second kappa shape index (κ2) is 5.19. The molecule has 0 saturated carbocycles. The standard InChI is InChI=1S/C14H12ClFO/c1-10-3-2-4-13(7-10)17-9-11-5-6-12(15)8-14(11)16/h2-8H,9H2,1H3. The summed E-state index contributed by atoms with van der Waals surface area (Å²) in [6, 6.07) is 12.2. The molecule has 0 heterocycles. The van der Waals surface area contributed by atoms with Gasteiger partial charge in [-0.3, -0.25) is 0 Å². The summed E-state index contributed by atoms with van der Waals surface area (Å²) in [5.74, 6) is 0.393. The largest absolute Gasteiger partial charge is 0.489 e. The molecular weight excluding hydrogens is 239 g/mol. The predicted molar refractivity (Wildman–Crippen MR) is 66.9 cm³/mol. The molecule has 88 valence electrons. The Kier molecular flexibility index (Phi) is 3.64. The lowest BCUT2D eigenvalue weighted by Gasteiger charge is -2.07. The SMILES string of the molecule is Cc1cccc(OCc2ccc(Cl)cc2F)c1. The van der Waals surface area contributed by atoms with Gasteiger partial charge >= 0.3 is 0 Å². The molecule has 2 aromatic rings. The van der Waals surface area contributed by atoms with Crippen LogP contribution in [0.1, 0.15) is 11.1 Å². The molecule has 0 radical (unpaired) electrons. The fourth-order valence-electron chi connectivity index (χ4n) is 1.50. The summed E-state index contributed by atoms with van der Waals surface area (Å²) in [5.41, 5.74) is 1.61. The van der Waals surface area contributed by atoms with Gasteiger partial charge in [-0.05, 0) is 36.8 Å². The van der Waals surface area contributed by atoms with Gasteiger partial charge in [0.15, 0.2) is 0 Å². The van der Waals surface area contributed by atoms with Crippen molar-refractivity contribution in [1.82, 2.24) is 0 Å². The van der Waals surface area contributed by atoms with E-state index in [0.717, 1.165) is 11.3 Å². The third-order valence-corrected chi connectivity index (χ3v) is 2.63. The molecule has 0 amide bonds. The van der Waals surface area contributed by atoms with Crippen molar-refractivity contribution in [3.8, 4) is 5.75 Å². The van der Waals surface area contributed by atoms with Gasteiger partial charge in [0.05, 0.1) is 0 Å². The molecule has 0 spiro atoms. The van der Waals surface area contributed by atoms with Crippen molar-refractivity contribution < 1.29 is 9.13 Å². The zero-order valence-corrected chi connectivity index (χ0v) is 10.2. The van der Waals surface area contributed by atoms with Crippen LogP contribution in [0.25, 0.3) is 0 Å². The van der Waals surface area contributed by atoms with Crippen LogP contribution >= 0.6 is 11.6 Å². The van der Waals surface area contributed by atoms with E-state index in [0.29, 0.717) is 10.6 Å². The van der Waals surface area contributed by atoms with E-state index in [-0.39, 0.29) is 12.4 Å². The van der Waals surface area contributed by atoms with E-state index in [9.17, 15) is 4.39 Å². The highest BCUT2D eigenvalue weighted by molar-refractivity contribution is 6.30. The quantitative estimate of drug-likeness (QED) is 0.786. The minimum absolute atomic E-state index is 0.201. The lowest BCUT2D eigenvalue weighted by Crippen LogP contribution is -1.98. The first-order valence-electron chi connectivity index (χ1n) is 5.28. The fraction of sp³-hybridized carbons (Fsp3) is 0.143. The van der Waals surface area contributed by atoms with Gasteiger partial charge in [-0.1, -0.05) is 29.8 Å². The summed E-state index contributed by atoms with van der Waals surface area (Å²) >= 11 is 5.67. The third kappa shape index (κ3) is 3.21. The topological polar surface area (TPSA) is 9.23 Å². The number of ether oxygens (including phenoxy) is 1. The number of aryl methyl sites for hydroxylation is 1. The van der Waals surface area contributed by atoms with Crippen LogP contribution in [0.15, 0.2) is 42.5 Å². The molecule has 0 aliphatic carbocycles. The molecule has 0 aliphatic heterocycles. The smallest absolute Gasteiger partial charge is 0.131 e. The van der Waals surface area contributed by atoms with Crippen LogP contribution in [0.2, 0.25) is 5.02 Å². The van der Waals surface area contributed by atoms with E-state index in [1.54, 1.807) is 12.1 Å². The van der Waals surface area contributed by atoms with E-state index in [1.807, 2.05) is 31.2 Å². The van der Waals surface area contributed by atoms with Crippen molar-refractivity contribution in [1.29, 1.82) is 0 Å². The first kappa shape index (κ1) is 11.9. The Balaban J connectivity index is 2.07. The van der Waals surface area contributed by atoms with Crippen molar-refractivity contribution in [3.05, 3.63) is 64.4 Å². The molecule has 2 rings (SSSR count). The summed E-state index contributed by atoms with van der Waals surface area (Å²) in [7, 11) is 0. The maximum absolute atomic E-state index is 13.5. The Morgan fingerprint density at radius 3 is 2.71 bits per heavy atom. The van der Waals surface area contributed by atoms with Gasteiger partial charge in [0.1, 0.15) is 18.2 Å². The Hall–Kier alpha value is -1.54. The molecule has 1 nitrogen and oxygen atoms in total. The van der Waals surface area contributed by atoms with Gasteiger partial charge in [0.25, 0.3) is 0 Å². The molecular formula is C14H12ClFO. The summed E-state index contributed by atoms with van der Waals surface area (Å²) in [4.78, 5) is 0. The second-order valence-electron chi connectivity index (χ2n) is 3.84. The first-order valence-corrected chi connectivity index (χ1v) is 5.66. The minimum Gasteiger partial charge on any atom is -0.489 e. The molecule has 17 heavy (non-hydrogen) atoms. The van der Waals surface area contributed by atoms with Crippen molar-refractivity contribution in [3.63, 3.8) is 0 Å². The Morgan fingerprint density at radius 1 is 1.18 bits per heavy atom. The van der Waals surface area contributed by atoms with E-state index < -0.39 is 0 Å². The molecule has 0 atom stereocenters. The van der Waals surface area contributed by atoms with Crippen LogP contribution in [0.5, 0.6) is 5.75 Å².